The van der Waals surface area contributed by atoms with Gasteiger partial charge in [-0.05, 0) is 66.9 Å². The number of rotatable bonds is 7. The zero-order chi connectivity index (χ0) is 27.4. The van der Waals surface area contributed by atoms with Crippen LogP contribution in [0.15, 0.2) is 109 Å². The molecule has 1 saturated heterocycles. The van der Waals surface area contributed by atoms with E-state index in [0.29, 0.717) is 12.1 Å². The van der Waals surface area contributed by atoms with Gasteiger partial charge in [0.05, 0.1) is 17.7 Å². The number of carbonyl (C=O) groups excluding carboxylic acids is 1. The van der Waals surface area contributed by atoms with Crippen LogP contribution in [-0.2, 0) is 4.79 Å². The maximum Gasteiger partial charge on any atom is 0.247 e. The number of benzene rings is 4. The monoisotopic (exact) mass is 513 g/mol. The van der Waals surface area contributed by atoms with Crippen LogP contribution in [0.25, 0.3) is 10.8 Å². The van der Waals surface area contributed by atoms with Gasteiger partial charge in [-0.2, -0.15) is 5.26 Å². The van der Waals surface area contributed by atoms with Crippen molar-refractivity contribution in [1.82, 2.24) is 4.90 Å². The van der Waals surface area contributed by atoms with Gasteiger partial charge in [0.2, 0.25) is 5.91 Å². The first kappa shape index (κ1) is 26.3. The molecule has 4 nitrogen and oxygen atoms in total. The lowest BCUT2D eigenvalue weighted by Gasteiger charge is -2.33. The van der Waals surface area contributed by atoms with E-state index in [1.165, 1.54) is 21.9 Å². The molecule has 4 aromatic rings. The second kappa shape index (κ2) is 11.6. The van der Waals surface area contributed by atoms with E-state index in [2.05, 4.69) is 95.6 Å². The molecule has 3 unspecified atom stereocenters. The van der Waals surface area contributed by atoms with E-state index in [9.17, 15) is 10.1 Å². The largest absolute Gasteiger partial charge is 0.371 e. The van der Waals surface area contributed by atoms with Crippen molar-refractivity contribution in [2.45, 2.75) is 32.7 Å². The van der Waals surface area contributed by atoms with Crippen molar-refractivity contribution in [2.24, 2.45) is 5.92 Å². The summed E-state index contributed by atoms with van der Waals surface area (Å²) >= 11 is 0. The van der Waals surface area contributed by atoms with E-state index in [0.717, 1.165) is 24.4 Å². The highest BCUT2D eigenvalue weighted by Gasteiger charge is 2.37. The number of hydrogen-bond donors (Lipinski definition) is 0. The Hall–Kier alpha value is -4.36. The van der Waals surface area contributed by atoms with Crippen molar-refractivity contribution in [3.63, 3.8) is 0 Å². The minimum atomic E-state index is -0.0837. The fraction of sp³-hybridized carbons (Fsp3) is 0.257. The predicted molar refractivity (Wildman–Crippen MR) is 160 cm³/mol. The molecule has 196 valence electrons. The Morgan fingerprint density at radius 3 is 2.36 bits per heavy atom. The lowest BCUT2D eigenvalue weighted by atomic mass is 9.88. The molecule has 3 atom stereocenters. The molecule has 1 aliphatic rings. The second-order valence-corrected chi connectivity index (χ2v) is 10.8. The van der Waals surface area contributed by atoms with Crippen LogP contribution in [0.4, 0.5) is 5.69 Å². The number of amides is 1. The summed E-state index contributed by atoms with van der Waals surface area (Å²) in [5.41, 5.74) is 5.24. The molecule has 39 heavy (non-hydrogen) atoms. The summed E-state index contributed by atoms with van der Waals surface area (Å²) < 4.78 is 0. The minimum Gasteiger partial charge on any atom is -0.371 e. The summed E-state index contributed by atoms with van der Waals surface area (Å²) in [6.45, 7) is 8.48. The molecular weight excluding hydrogens is 478 g/mol. The first-order chi connectivity index (χ1) is 18.9. The van der Waals surface area contributed by atoms with Crippen molar-refractivity contribution < 1.29 is 4.79 Å². The molecule has 0 saturated carbocycles. The van der Waals surface area contributed by atoms with Crippen LogP contribution in [0.1, 0.15) is 49.4 Å². The highest BCUT2D eigenvalue weighted by molar-refractivity contribution is 5.90. The molecule has 4 aromatic carbocycles. The summed E-state index contributed by atoms with van der Waals surface area (Å²) in [6.07, 6.45) is 1.77. The van der Waals surface area contributed by atoms with Crippen molar-refractivity contribution >= 4 is 22.4 Å². The molecule has 1 aliphatic heterocycles. The number of nitrogens with zero attached hydrogens (tertiary/aromatic N) is 3. The molecule has 0 N–H and O–H groups in total. The van der Waals surface area contributed by atoms with Gasteiger partial charge < -0.3 is 9.80 Å². The summed E-state index contributed by atoms with van der Waals surface area (Å²) in [5.74, 6) is 0.581. The van der Waals surface area contributed by atoms with Gasteiger partial charge in [0.15, 0.2) is 0 Å². The Kier molecular flexibility index (Phi) is 7.79. The molecule has 4 heteroatoms. The minimum absolute atomic E-state index is 0.0547. The number of fused-ring (bicyclic) bond motifs is 1. The fourth-order valence-electron chi connectivity index (χ4n) is 5.90. The first-order valence-electron chi connectivity index (χ1n) is 13.7. The molecule has 5 rings (SSSR count). The van der Waals surface area contributed by atoms with Gasteiger partial charge in [-0.3, -0.25) is 4.79 Å². The molecule has 0 radical (unpaired) electrons. The Morgan fingerprint density at radius 1 is 0.949 bits per heavy atom. The number of hydrogen-bond acceptors (Lipinski definition) is 3. The molecule has 1 fully saturated rings. The van der Waals surface area contributed by atoms with E-state index in [1.807, 2.05) is 38.1 Å². The smallest absolute Gasteiger partial charge is 0.247 e. The Balaban J connectivity index is 1.51. The maximum absolute atomic E-state index is 13.8. The van der Waals surface area contributed by atoms with Crippen molar-refractivity contribution in [3.05, 3.63) is 125 Å². The third kappa shape index (κ3) is 5.73. The molecule has 0 bridgehead atoms. The van der Waals surface area contributed by atoms with Gasteiger partial charge in [0.1, 0.15) is 0 Å². The lowest BCUT2D eigenvalue weighted by Crippen LogP contribution is -2.38. The predicted octanol–water partition coefficient (Wildman–Crippen LogP) is 7.49. The summed E-state index contributed by atoms with van der Waals surface area (Å²) in [6, 6.07) is 35.4. The molecular formula is C35H35N3O. The summed E-state index contributed by atoms with van der Waals surface area (Å²) in [4.78, 5) is 18.2. The van der Waals surface area contributed by atoms with Crippen LogP contribution in [0.3, 0.4) is 0 Å². The summed E-state index contributed by atoms with van der Waals surface area (Å²) in [7, 11) is 0. The fourth-order valence-corrected chi connectivity index (χ4v) is 5.90. The van der Waals surface area contributed by atoms with Crippen LogP contribution in [0.5, 0.6) is 0 Å². The van der Waals surface area contributed by atoms with Crippen molar-refractivity contribution in [2.75, 3.05) is 24.5 Å². The third-order valence-electron chi connectivity index (χ3n) is 7.90. The van der Waals surface area contributed by atoms with Crippen LogP contribution in [-0.4, -0.2) is 30.4 Å². The number of anilines is 1. The van der Waals surface area contributed by atoms with Crippen LogP contribution in [0.2, 0.25) is 0 Å². The van der Waals surface area contributed by atoms with Crippen LogP contribution in [0, 0.1) is 17.2 Å². The molecule has 1 amide bonds. The Labute approximate surface area is 231 Å². The van der Waals surface area contributed by atoms with E-state index in [1.54, 1.807) is 6.08 Å². The van der Waals surface area contributed by atoms with Gasteiger partial charge in [-0.1, -0.05) is 78.4 Å². The summed E-state index contributed by atoms with van der Waals surface area (Å²) in [5, 5.41) is 11.6. The number of nitriles is 1. The average Bonchev–Trinajstić information content (AvgIpc) is 3.39. The van der Waals surface area contributed by atoms with Crippen LogP contribution >= 0.6 is 0 Å². The first-order valence-corrected chi connectivity index (χ1v) is 13.7. The lowest BCUT2D eigenvalue weighted by molar-refractivity contribution is -0.128. The van der Waals surface area contributed by atoms with E-state index in [-0.39, 0.29) is 23.8 Å². The van der Waals surface area contributed by atoms with Gasteiger partial charge >= 0.3 is 0 Å². The van der Waals surface area contributed by atoms with Crippen LogP contribution < -0.4 is 4.90 Å². The third-order valence-corrected chi connectivity index (χ3v) is 7.90. The SMILES string of the molecule is CC(C)=CC(=O)N(CC1CN(c2ccc(C#N)cc2)CC1c1ccccc1)C(C)c1cccc2ccccc12. The second-order valence-electron chi connectivity index (χ2n) is 10.8. The molecule has 1 heterocycles. The van der Waals surface area contributed by atoms with Crippen molar-refractivity contribution in [1.29, 1.82) is 5.26 Å². The van der Waals surface area contributed by atoms with E-state index in [4.69, 9.17) is 0 Å². The topological polar surface area (TPSA) is 47.3 Å². The highest BCUT2D eigenvalue weighted by atomic mass is 16.2. The quantitative estimate of drug-likeness (QED) is 0.241. The highest BCUT2D eigenvalue weighted by Crippen LogP contribution is 2.38. The van der Waals surface area contributed by atoms with Gasteiger partial charge in [0, 0.05) is 43.2 Å². The Bertz CT molecular complexity index is 1510. The van der Waals surface area contributed by atoms with Gasteiger partial charge in [0.25, 0.3) is 0 Å². The number of allylic oxidation sites excluding steroid dienone is 1. The molecule has 0 aromatic heterocycles. The number of carbonyl (C=O) groups is 1. The average molecular weight is 514 g/mol. The van der Waals surface area contributed by atoms with Gasteiger partial charge in [-0.25, -0.2) is 0 Å². The maximum atomic E-state index is 13.8. The zero-order valence-electron chi connectivity index (χ0n) is 22.9. The normalized spacial score (nSPS) is 17.4. The molecule has 0 spiro atoms. The molecule has 0 aliphatic carbocycles. The van der Waals surface area contributed by atoms with E-state index < -0.39 is 0 Å². The van der Waals surface area contributed by atoms with E-state index >= 15 is 0 Å². The zero-order valence-corrected chi connectivity index (χ0v) is 22.9. The standard InChI is InChI=1S/C35H35N3O/c1-25(2)20-35(39)38(26(3)32-15-9-13-28-12-7-8-14-33(28)32)23-30-22-37(31-18-16-27(21-36)17-19-31)24-34(30)29-10-5-4-6-11-29/h4-20,26,30,34H,22-24H2,1-3H3. The van der Waals surface area contributed by atoms with Gasteiger partial charge in [-0.15, -0.1) is 0 Å². The van der Waals surface area contributed by atoms with Crippen molar-refractivity contribution in [3.8, 4) is 6.07 Å². The Morgan fingerprint density at radius 2 is 1.64 bits per heavy atom.